The number of nitrogens with zero attached hydrogens (tertiary/aromatic N) is 2. The summed E-state index contributed by atoms with van der Waals surface area (Å²) in [6.07, 6.45) is 0. The molecule has 28 heavy (non-hydrogen) atoms. The molecule has 1 atom stereocenters. The Bertz CT molecular complexity index is 1040. The number of hydrogen-bond acceptors (Lipinski definition) is 2. The fourth-order valence-electron chi connectivity index (χ4n) is 4.07. The summed E-state index contributed by atoms with van der Waals surface area (Å²) < 4.78 is 30.0. The van der Waals surface area contributed by atoms with Crippen LogP contribution in [-0.2, 0) is 11.3 Å². The van der Waals surface area contributed by atoms with Crippen LogP contribution in [0.15, 0.2) is 47.4 Å². The normalized spacial score (nSPS) is 15.4. The van der Waals surface area contributed by atoms with Crippen LogP contribution < -0.4 is 0 Å². The number of carbonyl (C=O) groups excluding carboxylic acids is 1. The molecule has 4 rings (SSSR count). The average Bonchev–Trinajstić information content (AvgIpc) is 3.04. The molecule has 0 N–H and O–H groups in total. The van der Waals surface area contributed by atoms with Crippen LogP contribution in [0.3, 0.4) is 0 Å². The highest BCUT2D eigenvalue weighted by Crippen LogP contribution is 2.53. The molecular formula is C22H22F2N2OS. The van der Waals surface area contributed by atoms with Crippen molar-refractivity contribution < 1.29 is 13.6 Å². The van der Waals surface area contributed by atoms with E-state index < -0.39 is 11.9 Å². The van der Waals surface area contributed by atoms with Crippen LogP contribution in [0.25, 0.3) is 22.2 Å². The Morgan fingerprint density at radius 3 is 2.61 bits per heavy atom. The van der Waals surface area contributed by atoms with Crippen LogP contribution in [0.1, 0.15) is 24.7 Å². The van der Waals surface area contributed by atoms with Crippen molar-refractivity contribution in [3.05, 3.63) is 53.8 Å². The Labute approximate surface area is 167 Å². The van der Waals surface area contributed by atoms with Crippen molar-refractivity contribution in [1.82, 2.24) is 9.47 Å². The third-order valence-corrected chi connectivity index (χ3v) is 6.66. The van der Waals surface area contributed by atoms with Crippen molar-refractivity contribution in [2.75, 3.05) is 19.8 Å². The number of halogens is 2. The summed E-state index contributed by atoms with van der Waals surface area (Å²) in [5, 5.41) is 0.379. The zero-order valence-corrected chi connectivity index (χ0v) is 16.7. The smallest absolute Gasteiger partial charge is 0.240 e. The first-order chi connectivity index (χ1) is 13.6. The van der Waals surface area contributed by atoms with Gasteiger partial charge in [-0.3, -0.25) is 4.79 Å². The number of likely N-dealkylation sites (N-methyl/N-ethyl adjacent to an activating group) is 1. The van der Waals surface area contributed by atoms with E-state index in [-0.39, 0.29) is 18.3 Å². The molecule has 0 radical (unpaired) electrons. The number of alkyl halides is 1. The zero-order valence-electron chi connectivity index (χ0n) is 15.9. The number of para-hydroxylation sites is 1. The molecule has 1 aliphatic rings. The summed E-state index contributed by atoms with van der Waals surface area (Å²) in [7, 11) is 0. The Morgan fingerprint density at radius 2 is 1.89 bits per heavy atom. The molecule has 0 bridgehead atoms. The van der Waals surface area contributed by atoms with E-state index in [4.69, 9.17) is 0 Å². The maximum absolute atomic E-state index is 14.7. The average molecular weight is 400 g/mol. The first-order valence-electron chi connectivity index (χ1n) is 9.53. The predicted molar refractivity (Wildman–Crippen MR) is 110 cm³/mol. The molecule has 146 valence electrons. The molecule has 2 heterocycles. The third kappa shape index (κ3) is 2.82. The number of rotatable bonds is 5. The minimum Gasteiger partial charge on any atom is -0.342 e. The summed E-state index contributed by atoms with van der Waals surface area (Å²) >= 11 is 1.27. The van der Waals surface area contributed by atoms with Crippen molar-refractivity contribution >= 4 is 28.6 Å². The van der Waals surface area contributed by atoms with Crippen molar-refractivity contribution in [2.45, 2.75) is 30.5 Å². The maximum atomic E-state index is 14.7. The van der Waals surface area contributed by atoms with E-state index in [1.807, 2.05) is 48.7 Å². The van der Waals surface area contributed by atoms with Crippen LogP contribution in [0.5, 0.6) is 0 Å². The standard InChI is InChI=1S/C22H22F2N2OS/c1-3-25(4-2)22(27)21-18-14-8-5-6-11-17(14)26(13-12-23)19(18)15-9-7-10-16(24)20(15)28-21/h5-11,21H,3-4,12-13H2,1-2H3. The molecule has 0 saturated carbocycles. The summed E-state index contributed by atoms with van der Waals surface area (Å²) in [6, 6.07) is 12.7. The van der Waals surface area contributed by atoms with Gasteiger partial charge in [-0.05, 0) is 26.0 Å². The van der Waals surface area contributed by atoms with Crippen LogP contribution in [0.4, 0.5) is 8.78 Å². The molecule has 0 saturated heterocycles. The molecule has 1 aliphatic heterocycles. The number of hydrogen-bond donors (Lipinski definition) is 0. The fourth-order valence-corrected chi connectivity index (χ4v) is 5.38. The number of thioether (sulfide) groups is 1. The van der Waals surface area contributed by atoms with Gasteiger partial charge in [-0.15, -0.1) is 11.8 Å². The lowest BCUT2D eigenvalue weighted by Gasteiger charge is -2.30. The first kappa shape index (κ1) is 19.0. The topological polar surface area (TPSA) is 25.2 Å². The Balaban J connectivity index is 2.05. The summed E-state index contributed by atoms with van der Waals surface area (Å²) in [5.74, 6) is -0.379. The Kier molecular flexibility index (Phi) is 5.15. The van der Waals surface area contributed by atoms with Crippen LogP contribution >= 0.6 is 11.8 Å². The molecule has 0 aliphatic carbocycles. The number of carbonyl (C=O) groups is 1. The van der Waals surface area contributed by atoms with Crippen LogP contribution in [-0.4, -0.2) is 35.1 Å². The highest BCUT2D eigenvalue weighted by atomic mass is 32.2. The molecule has 0 fully saturated rings. The molecule has 6 heteroatoms. The monoisotopic (exact) mass is 400 g/mol. The van der Waals surface area contributed by atoms with Gasteiger partial charge in [0.05, 0.1) is 17.1 Å². The van der Waals surface area contributed by atoms with Gasteiger partial charge < -0.3 is 9.47 Å². The lowest BCUT2D eigenvalue weighted by atomic mass is 10.00. The zero-order chi connectivity index (χ0) is 19.8. The second-order valence-electron chi connectivity index (χ2n) is 6.74. The van der Waals surface area contributed by atoms with Gasteiger partial charge in [-0.1, -0.05) is 30.3 Å². The van der Waals surface area contributed by atoms with Crippen molar-refractivity contribution in [1.29, 1.82) is 0 Å². The lowest BCUT2D eigenvalue weighted by Crippen LogP contribution is -2.34. The van der Waals surface area contributed by atoms with E-state index in [2.05, 4.69) is 0 Å². The predicted octanol–water partition coefficient (Wildman–Crippen LogP) is 5.43. The molecule has 0 spiro atoms. The third-order valence-electron chi connectivity index (χ3n) is 5.34. The fraction of sp³-hybridized carbons (Fsp3) is 0.318. The quantitative estimate of drug-likeness (QED) is 0.570. The number of aromatic nitrogens is 1. The van der Waals surface area contributed by atoms with E-state index in [1.165, 1.54) is 17.8 Å². The van der Waals surface area contributed by atoms with Gasteiger partial charge >= 0.3 is 0 Å². The molecule has 3 aromatic rings. The largest absolute Gasteiger partial charge is 0.342 e. The molecule has 3 nitrogen and oxygen atoms in total. The minimum atomic E-state index is -0.551. The van der Waals surface area contributed by atoms with Crippen molar-refractivity contribution in [3.63, 3.8) is 0 Å². The number of benzene rings is 2. The van der Waals surface area contributed by atoms with Crippen molar-refractivity contribution in [2.24, 2.45) is 0 Å². The second-order valence-corrected chi connectivity index (χ2v) is 7.86. The number of aryl methyl sites for hydroxylation is 1. The second kappa shape index (κ2) is 7.59. The van der Waals surface area contributed by atoms with Gasteiger partial charge in [0.15, 0.2) is 0 Å². The Morgan fingerprint density at radius 1 is 1.14 bits per heavy atom. The van der Waals surface area contributed by atoms with E-state index in [9.17, 15) is 13.6 Å². The van der Waals surface area contributed by atoms with Crippen LogP contribution in [0.2, 0.25) is 0 Å². The number of amides is 1. The highest BCUT2D eigenvalue weighted by molar-refractivity contribution is 8.00. The molecule has 1 aromatic heterocycles. The summed E-state index contributed by atoms with van der Waals surface area (Å²) in [4.78, 5) is 15.6. The summed E-state index contributed by atoms with van der Waals surface area (Å²) in [6.45, 7) is 4.71. The van der Waals surface area contributed by atoms with E-state index >= 15 is 0 Å². The molecule has 2 aromatic carbocycles. The highest BCUT2D eigenvalue weighted by Gasteiger charge is 2.38. The molecular weight excluding hydrogens is 378 g/mol. The molecule has 1 amide bonds. The summed E-state index contributed by atoms with van der Waals surface area (Å²) in [5.41, 5.74) is 3.23. The minimum absolute atomic E-state index is 0.0340. The van der Waals surface area contributed by atoms with Gasteiger partial charge in [0, 0.05) is 35.1 Å². The van der Waals surface area contributed by atoms with Gasteiger partial charge in [-0.25, -0.2) is 8.78 Å². The SMILES string of the molecule is CCN(CC)C(=O)C1Sc2c(F)cccc2-c2c1c1ccccc1n2CCF. The van der Waals surface area contributed by atoms with E-state index in [0.717, 1.165) is 27.7 Å². The lowest BCUT2D eigenvalue weighted by molar-refractivity contribution is -0.130. The Hall–Kier alpha value is -2.34. The van der Waals surface area contributed by atoms with E-state index in [0.29, 0.717) is 18.0 Å². The van der Waals surface area contributed by atoms with Gasteiger partial charge in [0.1, 0.15) is 17.7 Å². The van der Waals surface area contributed by atoms with Gasteiger partial charge in [0.2, 0.25) is 5.91 Å². The first-order valence-corrected chi connectivity index (χ1v) is 10.4. The van der Waals surface area contributed by atoms with Crippen molar-refractivity contribution in [3.8, 4) is 11.3 Å². The van der Waals surface area contributed by atoms with E-state index in [1.54, 1.807) is 11.0 Å². The van der Waals surface area contributed by atoms with Crippen LogP contribution in [0, 0.1) is 5.82 Å². The van der Waals surface area contributed by atoms with Gasteiger partial charge in [0.25, 0.3) is 0 Å². The number of fused-ring (bicyclic) bond motifs is 5. The maximum Gasteiger partial charge on any atom is 0.240 e. The van der Waals surface area contributed by atoms with Gasteiger partial charge in [-0.2, -0.15) is 0 Å². The molecule has 1 unspecified atom stereocenters.